The number of rotatable bonds is 2. The van der Waals surface area contributed by atoms with Crippen molar-refractivity contribution in [2.24, 2.45) is 10.7 Å². The van der Waals surface area contributed by atoms with Crippen molar-refractivity contribution in [3.63, 3.8) is 0 Å². The molecule has 2 aromatic carbocycles. The van der Waals surface area contributed by atoms with E-state index in [0.29, 0.717) is 11.5 Å². The van der Waals surface area contributed by atoms with Crippen molar-refractivity contribution in [1.82, 2.24) is 9.55 Å². The SMILES string of the molecule is NC1=N[C@H](c2cc(Cl)cc([N+](=O)[O-])c2O)n2c(nc3ccccc32)N1. The lowest BCUT2D eigenvalue weighted by molar-refractivity contribution is -0.385. The molecule has 1 atom stereocenters. The van der Waals surface area contributed by atoms with Gasteiger partial charge >= 0.3 is 5.69 Å². The molecule has 2 heterocycles. The summed E-state index contributed by atoms with van der Waals surface area (Å²) in [6.45, 7) is 0. The highest BCUT2D eigenvalue weighted by atomic mass is 35.5. The first-order valence-electron chi connectivity index (χ1n) is 7.20. The summed E-state index contributed by atoms with van der Waals surface area (Å²) in [6.07, 6.45) is -0.846. The van der Waals surface area contributed by atoms with Crippen LogP contribution in [0.1, 0.15) is 11.7 Å². The minimum Gasteiger partial charge on any atom is -0.502 e. The minimum atomic E-state index is -0.846. The third-order valence-electron chi connectivity index (χ3n) is 3.90. The van der Waals surface area contributed by atoms with Gasteiger partial charge in [0.1, 0.15) is 0 Å². The quantitative estimate of drug-likeness (QED) is 0.476. The van der Waals surface area contributed by atoms with Crippen LogP contribution in [0, 0.1) is 10.1 Å². The molecule has 25 heavy (non-hydrogen) atoms. The van der Waals surface area contributed by atoms with Gasteiger partial charge in [-0.2, -0.15) is 0 Å². The number of imidazole rings is 1. The zero-order valence-electron chi connectivity index (χ0n) is 12.5. The molecule has 0 radical (unpaired) electrons. The molecule has 0 aliphatic carbocycles. The first-order chi connectivity index (χ1) is 12.0. The lowest BCUT2D eigenvalue weighted by Gasteiger charge is -2.24. The highest BCUT2D eigenvalue weighted by molar-refractivity contribution is 6.31. The maximum atomic E-state index is 11.2. The van der Waals surface area contributed by atoms with Crippen LogP contribution in [0.4, 0.5) is 11.6 Å². The third kappa shape index (κ3) is 2.32. The maximum Gasteiger partial charge on any atom is 0.312 e. The summed E-state index contributed by atoms with van der Waals surface area (Å²) in [5.41, 5.74) is 6.90. The van der Waals surface area contributed by atoms with Gasteiger partial charge in [-0.25, -0.2) is 9.98 Å². The molecule has 9 nitrogen and oxygen atoms in total. The number of nitrogens with one attached hydrogen (secondary N) is 1. The van der Waals surface area contributed by atoms with Gasteiger partial charge in [-0.1, -0.05) is 23.7 Å². The number of nitrogens with two attached hydrogens (primary N) is 1. The van der Waals surface area contributed by atoms with Crippen LogP contribution in [-0.2, 0) is 0 Å². The van der Waals surface area contributed by atoms with Gasteiger partial charge in [0.25, 0.3) is 0 Å². The summed E-state index contributed by atoms with van der Waals surface area (Å²) in [5, 5.41) is 24.5. The van der Waals surface area contributed by atoms with Gasteiger partial charge < -0.3 is 10.8 Å². The van der Waals surface area contributed by atoms with Crippen LogP contribution in [0.15, 0.2) is 41.4 Å². The first-order valence-corrected chi connectivity index (χ1v) is 7.57. The van der Waals surface area contributed by atoms with E-state index in [0.717, 1.165) is 11.6 Å². The van der Waals surface area contributed by atoms with E-state index in [2.05, 4.69) is 15.3 Å². The van der Waals surface area contributed by atoms with E-state index < -0.39 is 22.5 Å². The van der Waals surface area contributed by atoms with E-state index in [1.54, 1.807) is 4.57 Å². The topological polar surface area (TPSA) is 132 Å². The zero-order valence-corrected chi connectivity index (χ0v) is 13.3. The minimum absolute atomic E-state index is 0.0786. The number of nitro benzene ring substituents is 1. The molecule has 0 fully saturated rings. The average Bonchev–Trinajstić information content (AvgIpc) is 2.93. The van der Waals surface area contributed by atoms with E-state index in [1.165, 1.54) is 6.07 Å². The molecule has 4 N–H and O–H groups in total. The lowest BCUT2D eigenvalue weighted by Crippen LogP contribution is -2.31. The molecule has 0 saturated carbocycles. The largest absolute Gasteiger partial charge is 0.502 e. The lowest BCUT2D eigenvalue weighted by atomic mass is 10.1. The number of guanidine groups is 1. The number of aliphatic imine (C=N–C) groups is 1. The number of aromatic nitrogens is 2. The van der Waals surface area contributed by atoms with Crippen molar-refractivity contribution < 1.29 is 10.0 Å². The predicted octanol–water partition coefficient (Wildman–Crippen LogP) is 2.59. The van der Waals surface area contributed by atoms with Gasteiger partial charge in [-0.3, -0.25) is 20.0 Å². The van der Waals surface area contributed by atoms with Crippen molar-refractivity contribution in [1.29, 1.82) is 0 Å². The number of aromatic hydroxyl groups is 1. The number of halogens is 1. The number of phenolic OH excluding ortho intramolecular Hbond substituents is 1. The number of hydrogen-bond acceptors (Lipinski definition) is 7. The Morgan fingerprint density at radius 3 is 2.88 bits per heavy atom. The van der Waals surface area contributed by atoms with Gasteiger partial charge in [-0.15, -0.1) is 0 Å². The highest BCUT2D eigenvalue weighted by Crippen LogP contribution is 2.41. The summed E-state index contributed by atoms with van der Waals surface area (Å²) in [6, 6.07) is 9.82. The summed E-state index contributed by atoms with van der Waals surface area (Å²) < 4.78 is 1.70. The number of benzene rings is 2. The molecule has 0 bridgehead atoms. The molecule has 1 aromatic heterocycles. The molecule has 0 saturated heterocycles. The average molecular weight is 359 g/mol. The van der Waals surface area contributed by atoms with Gasteiger partial charge in [-0.05, 0) is 18.2 Å². The highest BCUT2D eigenvalue weighted by Gasteiger charge is 2.30. The molecule has 0 spiro atoms. The van der Waals surface area contributed by atoms with E-state index in [9.17, 15) is 15.2 Å². The zero-order chi connectivity index (χ0) is 17.7. The van der Waals surface area contributed by atoms with Crippen LogP contribution in [0.3, 0.4) is 0 Å². The number of nitro groups is 1. The third-order valence-corrected chi connectivity index (χ3v) is 4.12. The second-order valence-electron chi connectivity index (χ2n) is 5.43. The Morgan fingerprint density at radius 2 is 2.12 bits per heavy atom. The molecule has 0 unspecified atom stereocenters. The fraction of sp³-hybridized carbons (Fsp3) is 0.0667. The van der Waals surface area contributed by atoms with Crippen molar-refractivity contribution in [2.45, 2.75) is 6.17 Å². The fourth-order valence-corrected chi connectivity index (χ4v) is 3.09. The molecular weight excluding hydrogens is 348 g/mol. The van der Waals surface area contributed by atoms with Gasteiger partial charge in [0, 0.05) is 16.7 Å². The molecule has 0 amide bonds. The normalized spacial score (nSPS) is 16.2. The molecular formula is C15H11ClN6O3. The van der Waals surface area contributed by atoms with Crippen molar-refractivity contribution in [3.8, 4) is 5.75 Å². The summed E-state index contributed by atoms with van der Waals surface area (Å²) in [5.74, 6) is -0.0165. The Labute approximate surface area is 145 Å². The second kappa shape index (κ2) is 5.35. The number of nitrogens with zero attached hydrogens (tertiary/aromatic N) is 4. The van der Waals surface area contributed by atoms with Crippen LogP contribution in [0.2, 0.25) is 5.02 Å². The Hall–Kier alpha value is -3.33. The summed E-state index contributed by atoms with van der Waals surface area (Å²) in [4.78, 5) is 19.2. The fourth-order valence-electron chi connectivity index (χ4n) is 2.87. The predicted molar refractivity (Wildman–Crippen MR) is 92.9 cm³/mol. The molecule has 10 heteroatoms. The Morgan fingerprint density at radius 1 is 1.36 bits per heavy atom. The van der Waals surface area contributed by atoms with Crippen LogP contribution >= 0.6 is 11.6 Å². The molecule has 4 rings (SSSR count). The number of para-hydroxylation sites is 2. The van der Waals surface area contributed by atoms with Crippen LogP contribution in [-0.4, -0.2) is 25.5 Å². The van der Waals surface area contributed by atoms with E-state index in [-0.39, 0.29) is 16.5 Å². The van der Waals surface area contributed by atoms with E-state index >= 15 is 0 Å². The van der Waals surface area contributed by atoms with E-state index in [1.807, 2.05) is 24.3 Å². The monoisotopic (exact) mass is 358 g/mol. The van der Waals surface area contributed by atoms with Gasteiger partial charge in [0.15, 0.2) is 12.1 Å². The Bertz CT molecular complexity index is 1060. The van der Waals surface area contributed by atoms with E-state index in [4.69, 9.17) is 17.3 Å². The van der Waals surface area contributed by atoms with Gasteiger partial charge in [0.2, 0.25) is 11.7 Å². The number of fused-ring (bicyclic) bond motifs is 3. The summed E-state index contributed by atoms with van der Waals surface area (Å²) >= 11 is 6.01. The van der Waals surface area contributed by atoms with Crippen LogP contribution in [0.5, 0.6) is 5.75 Å². The summed E-state index contributed by atoms with van der Waals surface area (Å²) in [7, 11) is 0. The number of phenols is 1. The molecule has 1 aliphatic heterocycles. The standard InChI is InChI=1S/C15H11ClN6O3/c16-7-5-8(12(23)11(6-7)22(24)25)13-19-14(17)20-15-18-9-3-1-2-4-10(9)21(13)15/h1-6,13,23H,(H3,17,18,19,20)/t13-/m0/s1. The molecule has 126 valence electrons. The van der Waals surface area contributed by atoms with Crippen LogP contribution < -0.4 is 11.1 Å². The van der Waals surface area contributed by atoms with Gasteiger partial charge in [0.05, 0.1) is 16.0 Å². The smallest absolute Gasteiger partial charge is 0.312 e. The number of anilines is 1. The first kappa shape index (κ1) is 15.2. The number of hydrogen-bond donors (Lipinski definition) is 3. The van der Waals surface area contributed by atoms with Crippen molar-refractivity contribution in [3.05, 3.63) is 57.1 Å². The van der Waals surface area contributed by atoms with Crippen molar-refractivity contribution >= 4 is 40.2 Å². The van der Waals surface area contributed by atoms with Crippen molar-refractivity contribution in [2.75, 3.05) is 5.32 Å². The molecule has 3 aromatic rings. The molecule has 1 aliphatic rings. The Kier molecular flexibility index (Phi) is 3.25. The Balaban J connectivity index is 2.01. The second-order valence-corrected chi connectivity index (χ2v) is 5.86. The maximum absolute atomic E-state index is 11.2. The van der Waals surface area contributed by atoms with Crippen LogP contribution in [0.25, 0.3) is 11.0 Å².